The van der Waals surface area contributed by atoms with Gasteiger partial charge in [0.2, 0.25) is 0 Å². The number of rotatable bonds is 2. The van der Waals surface area contributed by atoms with Gasteiger partial charge in [0.1, 0.15) is 11.9 Å². The van der Waals surface area contributed by atoms with Crippen molar-refractivity contribution in [3.63, 3.8) is 0 Å². The van der Waals surface area contributed by atoms with Gasteiger partial charge in [-0.05, 0) is 12.1 Å². The Bertz CT molecular complexity index is 564. The quantitative estimate of drug-likeness (QED) is 0.893. The fourth-order valence-electron chi connectivity index (χ4n) is 2.18. The first-order valence-corrected chi connectivity index (χ1v) is 6.71. The third-order valence-corrected chi connectivity index (χ3v) is 3.54. The zero-order valence-corrected chi connectivity index (χ0v) is 11.4. The second-order valence-electron chi connectivity index (χ2n) is 4.36. The van der Waals surface area contributed by atoms with Crippen LogP contribution in [0.4, 0.5) is 5.82 Å². The van der Waals surface area contributed by atoms with Gasteiger partial charge in [0.05, 0.1) is 24.1 Å². The molecule has 1 aliphatic rings. The highest BCUT2D eigenvalue weighted by Gasteiger charge is 2.18. The Morgan fingerprint density at radius 2 is 2.17 bits per heavy atom. The zero-order chi connectivity index (χ0) is 12.5. The summed E-state index contributed by atoms with van der Waals surface area (Å²) in [4.78, 5) is 0. The van der Waals surface area contributed by atoms with E-state index in [-0.39, 0.29) is 6.10 Å². The molecule has 3 N–H and O–H groups in total. The number of nitrogen functional groups attached to an aromatic ring is 1. The summed E-state index contributed by atoms with van der Waals surface area (Å²) >= 11 is 3.46. The standard InChI is InChI=1S/C12H14BrN3O2/c13-7-5-9-11(12(14)16-15-9)10(6-7)18-8-1-3-17-4-2-8/h5-6,8H,1-4H2,(H3,14,15,16). The highest BCUT2D eigenvalue weighted by Crippen LogP contribution is 2.34. The number of nitrogens with two attached hydrogens (primary N) is 1. The maximum absolute atomic E-state index is 6.04. The summed E-state index contributed by atoms with van der Waals surface area (Å²) in [5.41, 5.74) is 6.75. The molecule has 3 rings (SSSR count). The second-order valence-corrected chi connectivity index (χ2v) is 5.28. The molecule has 1 aliphatic heterocycles. The van der Waals surface area contributed by atoms with Crippen LogP contribution in [0.25, 0.3) is 10.9 Å². The maximum Gasteiger partial charge on any atom is 0.156 e. The molecule has 0 atom stereocenters. The molecule has 0 aliphatic carbocycles. The van der Waals surface area contributed by atoms with E-state index in [4.69, 9.17) is 15.2 Å². The highest BCUT2D eigenvalue weighted by molar-refractivity contribution is 9.10. The Balaban J connectivity index is 1.96. The van der Waals surface area contributed by atoms with Crippen LogP contribution in [0.15, 0.2) is 16.6 Å². The van der Waals surface area contributed by atoms with Crippen molar-refractivity contribution < 1.29 is 9.47 Å². The summed E-state index contributed by atoms with van der Waals surface area (Å²) in [6.45, 7) is 1.51. The van der Waals surface area contributed by atoms with Crippen molar-refractivity contribution >= 4 is 32.7 Å². The van der Waals surface area contributed by atoms with Crippen LogP contribution in [0.1, 0.15) is 12.8 Å². The predicted octanol–water partition coefficient (Wildman–Crippen LogP) is 2.47. The number of benzene rings is 1. The van der Waals surface area contributed by atoms with Gasteiger partial charge in [0.25, 0.3) is 0 Å². The number of hydrogen-bond donors (Lipinski definition) is 2. The zero-order valence-electron chi connectivity index (χ0n) is 9.78. The number of halogens is 1. The van der Waals surface area contributed by atoms with E-state index in [1.54, 1.807) is 0 Å². The van der Waals surface area contributed by atoms with Crippen LogP contribution in [-0.2, 0) is 4.74 Å². The van der Waals surface area contributed by atoms with Gasteiger partial charge < -0.3 is 15.2 Å². The van der Waals surface area contributed by atoms with Crippen LogP contribution < -0.4 is 10.5 Å². The number of H-pyrrole nitrogens is 1. The van der Waals surface area contributed by atoms with Crippen LogP contribution in [0, 0.1) is 0 Å². The Labute approximate surface area is 113 Å². The number of aromatic amines is 1. The molecule has 0 amide bonds. The van der Waals surface area contributed by atoms with Gasteiger partial charge in [-0.2, -0.15) is 5.10 Å². The molecule has 96 valence electrons. The summed E-state index contributed by atoms with van der Waals surface area (Å²) < 4.78 is 12.3. The molecule has 0 saturated carbocycles. The summed E-state index contributed by atoms with van der Waals surface area (Å²) in [7, 11) is 0. The molecule has 5 nitrogen and oxygen atoms in total. The normalized spacial score (nSPS) is 17.2. The molecule has 1 aromatic carbocycles. The number of hydrogen-bond acceptors (Lipinski definition) is 4. The summed E-state index contributed by atoms with van der Waals surface area (Å²) in [5.74, 6) is 1.25. The lowest BCUT2D eigenvalue weighted by Gasteiger charge is -2.23. The predicted molar refractivity (Wildman–Crippen MR) is 72.7 cm³/mol. The Hall–Kier alpha value is -1.27. The third kappa shape index (κ3) is 2.18. The minimum atomic E-state index is 0.186. The van der Waals surface area contributed by atoms with Gasteiger partial charge in [-0.3, -0.25) is 5.10 Å². The average Bonchev–Trinajstić information content (AvgIpc) is 2.72. The van der Waals surface area contributed by atoms with Gasteiger partial charge in [-0.1, -0.05) is 15.9 Å². The molecular formula is C12H14BrN3O2. The number of nitrogens with zero attached hydrogens (tertiary/aromatic N) is 1. The van der Waals surface area contributed by atoms with Crippen LogP contribution in [0.2, 0.25) is 0 Å². The van der Waals surface area contributed by atoms with Crippen LogP contribution in [0.5, 0.6) is 5.75 Å². The number of ether oxygens (including phenoxy) is 2. The lowest BCUT2D eigenvalue weighted by Crippen LogP contribution is -2.25. The number of nitrogens with one attached hydrogen (secondary N) is 1. The topological polar surface area (TPSA) is 73.2 Å². The second kappa shape index (κ2) is 4.78. The smallest absolute Gasteiger partial charge is 0.156 e. The van der Waals surface area contributed by atoms with Gasteiger partial charge in [0.15, 0.2) is 5.82 Å². The lowest BCUT2D eigenvalue weighted by molar-refractivity contribution is 0.0262. The van der Waals surface area contributed by atoms with E-state index in [1.807, 2.05) is 12.1 Å². The average molecular weight is 312 g/mol. The van der Waals surface area contributed by atoms with Gasteiger partial charge in [0, 0.05) is 17.3 Å². The lowest BCUT2D eigenvalue weighted by atomic mass is 10.1. The summed E-state index contributed by atoms with van der Waals surface area (Å²) in [5, 5.41) is 7.77. The molecule has 1 aromatic heterocycles. The first-order valence-electron chi connectivity index (χ1n) is 5.91. The maximum atomic E-state index is 6.04. The molecule has 2 aromatic rings. The number of fused-ring (bicyclic) bond motifs is 1. The van der Waals surface area contributed by atoms with Gasteiger partial charge >= 0.3 is 0 Å². The fourth-order valence-corrected chi connectivity index (χ4v) is 2.61. The molecule has 1 saturated heterocycles. The van der Waals surface area contributed by atoms with E-state index in [0.717, 1.165) is 47.2 Å². The Morgan fingerprint density at radius 3 is 2.94 bits per heavy atom. The fraction of sp³-hybridized carbons (Fsp3) is 0.417. The van der Waals surface area contributed by atoms with Crippen molar-refractivity contribution in [2.75, 3.05) is 18.9 Å². The molecular weight excluding hydrogens is 298 g/mol. The molecule has 0 radical (unpaired) electrons. The number of aromatic nitrogens is 2. The Kier molecular flexibility index (Phi) is 3.13. The molecule has 2 heterocycles. The molecule has 1 fully saturated rings. The third-order valence-electron chi connectivity index (χ3n) is 3.08. The van der Waals surface area contributed by atoms with Crippen molar-refractivity contribution in [3.05, 3.63) is 16.6 Å². The summed E-state index contributed by atoms with van der Waals surface area (Å²) in [6, 6.07) is 3.87. The van der Waals surface area contributed by atoms with Crippen molar-refractivity contribution in [2.45, 2.75) is 18.9 Å². The van der Waals surface area contributed by atoms with E-state index in [0.29, 0.717) is 5.82 Å². The summed E-state index contributed by atoms with van der Waals surface area (Å²) in [6.07, 6.45) is 2.00. The molecule has 6 heteroatoms. The molecule has 0 bridgehead atoms. The molecule has 0 spiro atoms. The van der Waals surface area contributed by atoms with E-state index < -0.39 is 0 Å². The first kappa shape index (κ1) is 11.8. The van der Waals surface area contributed by atoms with E-state index in [9.17, 15) is 0 Å². The highest BCUT2D eigenvalue weighted by atomic mass is 79.9. The monoisotopic (exact) mass is 311 g/mol. The molecule has 0 unspecified atom stereocenters. The Morgan fingerprint density at radius 1 is 1.39 bits per heavy atom. The van der Waals surface area contributed by atoms with E-state index >= 15 is 0 Å². The van der Waals surface area contributed by atoms with E-state index in [1.165, 1.54) is 0 Å². The molecule has 18 heavy (non-hydrogen) atoms. The van der Waals surface area contributed by atoms with Crippen molar-refractivity contribution in [1.82, 2.24) is 10.2 Å². The van der Waals surface area contributed by atoms with Gasteiger partial charge in [-0.15, -0.1) is 0 Å². The number of anilines is 1. The van der Waals surface area contributed by atoms with Crippen LogP contribution >= 0.6 is 15.9 Å². The van der Waals surface area contributed by atoms with Crippen molar-refractivity contribution in [2.24, 2.45) is 0 Å². The van der Waals surface area contributed by atoms with Crippen molar-refractivity contribution in [1.29, 1.82) is 0 Å². The first-order chi connectivity index (χ1) is 8.74. The largest absolute Gasteiger partial charge is 0.489 e. The van der Waals surface area contributed by atoms with Crippen LogP contribution in [0.3, 0.4) is 0 Å². The minimum absolute atomic E-state index is 0.186. The SMILES string of the molecule is Nc1n[nH]c2cc(Br)cc(OC3CCOCC3)c12. The van der Waals surface area contributed by atoms with Crippen LogP contribution in [-0.4, -0.2) is 29.5 Å². The van der Waals surface area contributed by atoms with Crippen molar-refractivity contribution in [3.8, 4) is 5.75 Å². The minimum Gasteiger partial charge on any atom is -0.489 e. The van der Waals surface area contributed by atoms with Gasteiger partial charge in [-0.25, -0.2) is 0 Å². The van der Waals surface area contributed by atoms with E-state index in [2.05, 4.69) is 26.1 Å².